The molecular weight excluding hydrogens is 404 g/mol. The van der Waals surface area contributed by atoms with E-state index in [9.17, 15) is 18.0 Å². The van der Waals surface area contributed by atoms with Gasteiger partial charge in [0, 0.05) is 5.70 Å². The average molecular weight is 429 g/mol. The highest BCUT2D eigenvalue weighted by atomic mass is 32.2. The molecule has 7 nitrogen and oxygen atoms in total. The van der Waals surface area contributed by atoms with Crippen molar-refractivity contribution in [3.63, 3.8) is 0 Å². The van der Waals surface area contributed by atoms with Crippen LogP contribution in [0.15, 0.2) is 58.6 Å². The minimum atomic E-state index is -3.83. The molecule has 2 N–H and O–H groups in total. The molecule has 0 aliphatic carbocycles. The van der Waals surface area contributed by atoms with Gasteiger partial charge in [-0.05, 0) is 38.0 Å². The van der Waals surface area contributed by atoms with Crippen LogP contribution in [-0.4, -0.2) is 33.3 Å². The molecule has 1 atom stereocenters. The highest BCUT2D eigenvalue weighted by molar-refractivity contribution is 7.91. The van der Waals surface area contributed by atoms with Gasteiger partial charge < -0.3 is 15.4 Å². The number of methoxy groups -OCH3 is 1. The molecule has 0 fully saturated rings. The molecule has 0 saturated carbocycles. The van der Waals surface area contributed by atoms with E-state index in [1.165, 1.54) is 7.11 Å². The lowest BCUT2D eigenvalue weighted by molar-refractivity contribution is -0.136. The first-order valence-electron chi connectivity index (χ1n) is 9.38. The number of nitrogens with one attached hydrogen (secondary N) is 2. The Morgan fingerprint density at radius 3 is 2.27 bits per heavy atom. The first-order valence-corrected chi connectivity index (χ1v) is 11.0. The van der Waals surface area contributed by atoms with Crippen molar-refractivity contribution in [3.8, 4) is 0 Å². The second-order valence-electron chi connectivity index (χ2n) is 7.35. The van der Waals surface area contributed by atoms with E-state index < -0.39 is 33.6 Å². The number of aryl methyl sites for hydroxylation is 3. The maximum absolute atomic E-state index is 13.1. The number of carbonyl (C=O) groups excluding carboxylic acids is 2. The Morgan fingerprint density at radius 1 is 1.03 bits per heavy atom. The maximum atomic E-state index is 13.1. The van der Waals surface area contributed by atoms with Crippen molar-refractivity contribution < 1.29 is 22.7 Å². The predicted octanol–water partition coefficient (Wildman–Crippen LogP) is 2.87. The third-order valence-corrected chi connectivity index (χ3v) is 6.77. The van der Waals surface area contributed by atoms with E-state index in [0.717, 1.165) is 11.1 Å². The molecule has 0 spiro atoms. The smallest absolute Gasteiger partial charge is 0.338 e. The second kappa shape index (κ2) is 8.31. The van der Waals surface area contributed by atoms with Gasteiger partial charge in [0.2, 0.25) is 0 Å². The van der Waals surface area contributed by atoms with Gasteiger partial charge in [-0.25, -0.2) is 18.0 Å². The van der Waals surface area contributed by atoms with Gasteiger partial charge in [-0.15, -0.1) is 0 Å². The van der Waals surface area contributed by atoms with E-state index in [-0.39, 0.29) is 16.2 Å². The van der Waals surface area contributed by atoms with Crippen LogP contribution < -0.4 is 10.6 Å². The molecule has 0 aromatic heterocycles. The Kier molecular flexibility index (Phi) is 5.98. The zero-order chi connectivity index (χ0) is 22.1. The Bertz CT molecular complexity index is 1130. The quantitative estimate of drug-likeness (QED) is 0.713. The van der Waals surface area contributed by atoms with Crippen LogP contribution in [-0.2, 0) is 19.4 Å². The van der Waals surface area contributed by atoms with Gasteiger partial charge in [-0.1, -0.05) is 47.5 Å². The molecule has 1 aliphatic heterocycles. The Labute approximate surface area is 176 Å². The monoisotopic (exact) mass is 428 g/mol. The van der Waals surface area contributed by atoms with Gasteiger partial charge in [0.15, 0.2) is 9.84 Å². The molecule has 30 heavy (non-hydrogen) atoms. The molecule has 3 rings (SSSR count). The van der Waals surface area contributed by atoms with Crippen LogP contribution in [0.5, 0.6) is 0 Å². The maximum Gasteiger partial charge on any atom is 0.338 e. The van der Waals surface area contributed by atoms with Crippen molar-refractivity contribution >= 4 is 21.8 Å². The van der Waals surface area contributed by atoms with Gasteiger partial charge in [0.25, 0.3) is 0 Å². The number of ether oxygens (including phenoxy) is 1. The number of rotatable bonds is 5. The molecule has 2 amide bonds. The van der Waals surface area contributed by atoms with E-state index in [4.69, 9.17) is 4.74 Å². The normalized spacial score (nSPS) is 16.7. The summed E-state index contributed by atoms with van der Waals surface area (Å²) < 4.78 is 31.2. The van der Waals surface area contributed by atoms with E-state index in [1.807, 2.05) is 26.0 Å². The minimum absolute atomic E-state index is 0.0103. The molecule has 158 valence electrons. The average Bonchev–Trinajstić information content (AvgIpc) is 2.67. The fourth-order valence-corrected chi connectivity index (χ4v) is 5.10. The summed E-state index contributed by atoms with van der Waals surface area (Å²) in [5.74, 6) is -1.24. The zero-order valence-electron chi connectivity index (χ0n) is 17.3. The fraction of sp³-hybridized carbons (Fsp3) is 0.273. The van der Waals surface area contributed by atoms with Gasteiger partial charge in [-0.3, -0.25) is 0 Å². The van der Waals surface area contributed by atoms with Gasteiger partial charge in [-0.2, -0.15) is 0 Å². The first-order chi connectivity index (χ1) is 14.1. The molecule has 1 heterocycles. The number of urea groups is 1. The van der Waals surface area contributed by atoms with Crippen LogP contribution in [0.3, 0.4) is 0 Å². The summed E-state index contributed by atoms with van der Waals surface area (Å²) >= 11 is 0. The van der Waals surface area contributed by atoms with Gasteiger partial charge in [0.1, 0.15) is 0 Å². The third-order valence-electron chi connectivity index (χ3n) is 4.97. The number of hydrogen-bond donors (Lipinski definition) is 2. The molecule has 2 aromatic rings. The minimum Gasteiger partial charge on any atom is -0.466 e. The Hall–Kier alpha value is -3.13. The summed E-state index contributed by atoms with van der Waals surface area (Å²) in [5, 5.41) is 5.19. The van der Waals surface area contributed by atoms with Crippen LogP contribution in [0.25, 0.3) is 0 Å². The summed E-state index contributed by atoms with van der Waals surface area (Å²) in [6.45, 7) is 5.51. The largest absolute Gasteiger partial charge is 0.466 e. The van der Waals surface area contributed by atoms with Gasteiger partial charge in [0.05, 0.1) is 29.4 Å². The number of sulfone groups is 1. The highest BCUT2D eigenvalue weighted by Crippen LogP contribution is 2.30. The van der Waals surface area contributed by atoms with E-state index in [1.54, 1.807) is 37.3 Å². The van der Waals surface area contributed by atoms with Crippen molar-refractivity contribution in [2.45, 2.75) is 31.7 Å². The van der Waals surface area contributed by atoms with Crippen molar-refractivity contribution in [3.05, 3.63) is 76.0 Å². The summed E-state index contributed by atoms with van der Waals surface area (Å²) in [5.41, 5.74) is 3.28. The molecule has 2 aromatic carbocycles. The molecule has 0 saturated heterocycles. The summed E-state index contributed by atoms with van der Waals surface area (Å²) in [4.78, 5) is 25.1. The first kappa shape index (κ1) is 21.6. The number of carbonyl (C=O) groups is 2. The van der Waals surface area contributed by atoms with Crippen molar-refractivity contribution in [1.82, 2.24) is 10.6 Å². The van der Waals surface area contributed by atoms with E-state index >= 15 is 0 Å². The predicted molar refractivity (Wildman–Crippen MR) is 113 cm³/mol. The molecular formula is C22H24N2O5S. The molecule has 1 aliphatic rings. The molecule has 0 bridgehead atoms. The lowest BCUT2D eigenvalue weighted by Gasteiger charge is -2.29. The zero-order valence-corrected chi connectivity index (χ0v) is 18.1. The van der Waals surface area contributed by atoms with Crippen LogP contribution in [0.4, 0.5) is 4.79 Å². The van der Waals surface area contributed by atoms with Gasteiger partial charge >= 0.3 is 12.0 Å². The second-order valence-corrected chi connectivity index (χ2v) is 9.31. The fourth-order valence-electron chi connectivity index (χ4n) is 3.51. The van der Waals surface area contributed by atoms with Crippen molar-refractivity contribution in [2.24, 2.45) is 0 Å². The number of hydrogen-bond acceptors (Lipinski definition) is 5. The van der Waals surface area contributed by atoms with Crippen LogP contribution in [0, 0.1) is 20.8 Å². The molecule has 8 heteroatoms. The number of benzene rings is 2. The Morgan fingerprint density at radius 2 is 1.67 bits per heavy atom. The lowest BCUT2D eigenvalue weighted by Crippen LogP contribution is -2.47. The van der Waals surface area contributed by atoms with Crippen LogP contribution in [0.2, 0.25) is 0 Å². The molecule has 0 unspecified atom stereocenters. The Balaban J connectivity index is 2.11. The third kappa shape index (κ3) is 4.38. The summed E-state index contributed by atoms with van der Waals surface area (Å²) in [7, 11) is -2.61. The van der Waals surface area contributed by atoms with Crippen molar-refractivity contribution in [2.75, 3.05) is 12.9 Å². The standard InChI is InChI=1S/C22H24N2O5S/c1-13-5-8-16(9-6-13)20-19(21(25)29-4)17(23-22(26)24-20)12-30(27,28)18-10-7-14(2)11-15(18)3/h5-11,20H,12H2,1-4H3,(H2,23,24,26)/t20-/m0/s1. The highest BCUT2D eigenvalue weighted by Gasteiger charge is 2.35. The number of esters is 1. The number of amides is 2. The lowest BCUT2D eigenvalue weighted by atomic mass is 9.95. The van der Waals surface area contributed by atoms with Crippen LogP contribution in [0.1, 0.15) is 28.3 Å². The van der Waals surface area contributed by atoms with E-state index in [0.29, 0.717) is 11.1 Å². The van der Waals surface area contributed by atoms with Crippen molar-refractivity contribution in [1.29, 1.82) is 0 Å². The summed E-state index contributed by atoms with van der Waals surface area (Å²) in [6.07, 6.45) is 0. The SMILES string of the molecule is COC(=O)C1=C(CS(=O)(=O)c2ccc(C)cc2C)NC(=O)N[C@H]1c1ccc(C)cc1. The molecule has 0 radical (unpaired) electrons. The van der Waals surface area contributed by atoms with Crippen LogP contribution >= 0.6 is 0 Å². The van der Waals surface area contributed by atoms with E-state index in [2.05, 4.69) is 10.6 Å². The summed E-state index contributed by atoms with van der Waals surface area (Å²) in [6, 6.07) is 10.9. The topological polar surface area (TPSA) is 102 Å².